The van der Waals surface area contributed by atoms with Crippen LogP contribution in [0.5, 0.6) is 5.75 Å². The second kappa shape index (κ2) is 5.84. The largest absolute Gasteiger partial charge is 0.497 e. The molecule has 0 aliphatic carbocycles. The molecule has 0 spiro atoms. The van der Waals surface area contributed by atoms with Crippen LogP contribution in [0.15, 0.2) is 24.3 Å². The van der Waals surface area contributed by atoms with Gasteiger partial charge in [0.15, 0.2) is 0 Å². The minimum Gasteiger partial charge on any atom is -0.497 e. The minimum absolute atomic E-state index is 0.0815. The Morgan fingerprint density at radius 3 is 2.78 bits per heavy atom. The van der Waals surface area contributed by atoms with Gasteiger partial charge in [-0.1, -0.05) is 12.1 Å². The molecule has 1 aliphatic heterocycles. The van der Waals surface area contributed by atoms with Gasteiger partial charge in [0.1, 0.15) is 12.4 Å². The normalized spacial score (nSPS) is 20.0. The third kappa shape index (κ3) is 2.80. The first-order valence-corrected chi connectivity index (χ1v) is 5.85. The van der Waals surface area contributed by atoms with E-state index in [1.165, 1.54) is 0 Å². The molecule has 0 bridgehead atoms. The molecule has 1 unspecified atom stereocenters. The van der Waals surface area contributed by atoms with Crippen LogP contribution in [-0.4, -0.2) is 48.9 Å². The molecule has 1 atom stereocenters. The number of aliphatic hydroxyl groups excluding tert-OH is 1. The van der Waals surface area contributed by atoms with Crippen LogP contribution in [0.2, 0.25) is 0 Å². The highest BCUT2D eigenvalue weighted by atomic mass is 16.5. The fourth-order valence-electron chi connectivity index (χ4n) is 1.95. The van der Waals surface area contributed by atoms with Gasteiger partial charge < -0.3 is 19.5 Å². The predicted octanol–water partition coefficient (Wildman–Crippen LogP) is 0.415. The van der Waals surface area contributed by atoms with E-state index in [9.17, 15) is 9.90 Å². The molecule has 18 heavy (non-hydrogen) atoms. The zero-order chi connectivity index (χ0) is 13.0. The summed E-state index contributed by atoms with van der Waals surface area (Å²) in [5.74, 6) is 0.696. The maximum Gasteiger partial charge on any atom is 0.249 e. The van der Waals surface area contributed by atoms with Gasteiger partial charge in [0, 0.05) is 6.54 Å². The molecular formula is C13H17NO4. The van der Waals surface area contributed by atoms with Crippen LogP contribution < -0.4 is 4.74 Å². The summed E-state index contributed by atoms with van der Waals surface area (Å²) in [7, 11) is 1.61. The maximum absolute atomic E-state index is 11.8. The van der Waals surface area contributed by atoms with Crippen LogP contribution in [0, 0.1) is 0 Å². The molecule has 98 valence electrons. The first-order valence-electron chi connectivity index (χ1n) is 5.85. The molecular weight excluding hydrogens is 234 g/mol. The lowest BCUT2D eigenvalue weighted by Gasteiger charge is -2.34. The molecule has 5 heteroatoms. The van der Waals surface area contributed by atoms with Crippen molar-refractivity contribution in [3.05, 3.63) is 29.8 Å². The number of benzene rings is 1. The molecule has 1 saturated heterocycles. The number of aliphatic hydroxyl groups is 1. The Kier molecular flexibility index (Phi) is 4.17. The summed E-state index contributed by atoms with van der Waals surface area (Å²) >= 11 is 0. The number of amides is 1. The molecule has 1 N–H and O–H groups in total. The van der Waals surface area contributed by atoms with Crippen molar-refractivity contribution in [3.63, 3.8) is 0 Å². The smallest absolute Gasteiger partial charge is 0.249 e. The number of ether oxygens (including phenoxy) is 2. The third-order valence-corrected chi connectivity index (χ3v) is 3.02. The lowest BCUT2D eigenvalue weighted by Crippen LogP contribution is -2.50. The summed E-state index contributed by atoms with van der Waals surface area (Å²) < 4.78 is 10.2. The van der Waals surface area contributed by atoms with E-state index in [2.05, 4.69) is 0 Å². The van der Waals surface area contributed by atoms with Crippen LogP contribution in [0.4, 0.5) is 0 Å². The Morgan fingerprint density at radius 1 is 1.44 bits per heavy atom. The zero-order valence-corrected chi connectivity index (χ0v) is 10.3. The Hall–Kier alpha value is -1.59. The van der Waals surface area contributed by atoms with E-state index in [4.69, 9.17) is 9.47 Å². The molecule has 0 saturated carbocycles. The Labute approximate surface area is 106 Å². The van der Waals surface area contributed by atoms with Crippen molar-refractivity contribution in [1.82, 2.24) is 4.90 Å². The van der Waals surface area contributed by atoms with Gasteiger partial charge in [-0.2, -0.15) is 0 Å². The topological polar surface area (TPSA) is 59.0 Å². The zero-order valence-electron chi connectivity index (χ0n) is 10.3. The second-order valence-electron chi connectivity index (χ2n) is 4.22. The highest BCUT2D eigenvalue weighted by Gasteiger charge is 2.27. The number of rotatable bonds is 4. The minimum atomic E-state index is -0.256. The van der Waals surface area contributed by atoms with E-state index in [-0.39, 0.29) is 25.2 Å². The quantitative estimate of drug-likeness (QED) is 0.842. The van der Waals surface area contributed by atoms with Crippen LogP contribution in [-0.2, 0) is 16.1 Å². The van der Waals surface area contributed by atoms with Gasteiger partial charge in [-0.15, -0.1) is 0 Å². The maximum atomic E-state index is 11.8. The third-order valence-electron chi connectivity index (χ3n) is 3.02. The number of carbonyl (C=O) groups is 1. The molecule has 0 radical (unpaired) electrons. The van der Waals surface area contributed by atoms with Gasteiger partial charge in [0.2, 0.25) is 5.91 Å². The van der Waals surface area contributed by atoms with Crippen LogP contribution >= 0.6 is 0 Å². The van der Waals surface area contributed by atoms with Gasteiger partial charge in [-0.25, -0.2) is 0 Å². The van der Waals surface area contributed by atoms with Crippen molar-refractivity contribution < 1.29 is 19.4 Å². The van der Waals surface area contributed by atoms with Crippen molar-refractivity contribution in [2.24, 2.45) is 0 Å². The second-order valence-corrected chi connectivity index (χ2v) is 4.22. The molecule has 1 aliphatic rings. The number of nitrogens with zero attached hydrogens (tertiary/aromatic N) is 1. The van der Waals surface area contributed by atoms with E-state index < -0.39 is 0 Å². The van der Waals surface area contributed by atoms with Gasteiger partial charge in [0.25, 0.3) is 0 Å². The van der Waals surface area contributed by atoms with E-state index in [1.807, 2.05) is 24.3 Å². The average Bonchev–Trinajstić information content (AvgIpc) is 2.42. The lowest BCUT2D eigenvalue weighted by atomic mass is 10.1. The molecule has 1 aromatic carbocycles. The lowest BCUT2D eigenvalue weighted by molar-refractivity contribution is -0.151. The summed E-state index contributed by atoms with van der Waals surface area (Å²) in [5, 5.41) is 9.25. The summed E-state index contributed by atoms with van der Waals surface area (Å²) in [6.07, 6.45) is 0. The molecule has 0 aromatic heterocycles. The van der Waals surface area contributed by atoms with E-state index in [0.717, 1.165) is 11.3 Å². The van der Waals surface area contributed by atoms with Gasteiger partial charge >= 0.3 is 0 Å². The average molecular weight is 251 g/mol. The van der Waals surface area contributed by atoms with Gasteiger partial charge in [-0.3, -0.25) is 4.79 Å². The highest BCUT2D eigenvalue weighted by molar-refractivity contribution is 5.78. The number of hydrogen-bond donors (Lipinski definition) is 1. The summed E-state index contributed by atoms with van der Waals surface area (Å²) in [6, 6.07) is 7.28. The fourth-order valence-corrected chi connectivity index (χ4v) is 1.95. The molecule has 1 heterocycles. The Bertz CT molecular complexity index is 404. The molecule has 1 aromatic rings. The van der Waals surface area contributed by atoms with Crippen molar-refractivity contribution in [1.29, 1.82) is 0 Å². The van der Waals surface area contributed by atoms with Crippen LogP contribution in [0.3, 0.4) is 0 Å². The highest BCUT2D eigenvalue weighted by Crippen LogP contribution is 2.16. The van der Waals surface area contributed by atoms with Crippen LogP contribution in [0.25, 0.3) is 0 Å². The SMILES string of the molecule is COc1ccc(CN2C(=O)COCC2CO)cc1. The standard InChI is InChI=1S/C13H17NO4/c1-17-12-4-2-10(3-5-12)6-14-11(7-15)8-18-9-13(14)16/h2-5,11,15H,6-9H2,1H3. The van der Waals surface area contributed by atoms with Gasteiger partial charge in [-0.05, 0) is 17.7 Å². The number of hydrogen-bond acceptors (Lipinski definition) is 4. The Balaban J connectivity index is 2.07. The van der Waals surface area contributed by atoms with Crippen molar-refractivity contribution in [2.75, 3.05) is 26.9 Å². The van der Waals surface area contributed by atoms with E-state index >= 15 is 0 Å². The number of morpholine rings is 1. The summed E-state index contributed by atoms with van der Waals surface area (Å²) in [5.41, 5.74) is 1.00. The predicted molar refractivity (Wildman–Crippen MR) is 65.2 cm³/mol. The van der Waals surface area contributed by atoms with E-state index in [0.29, 0.717) is 13.2 Å². The molecule has 1 fully saturated rings. The number of methoxy groups -OCH3 is 1. The summed E-state index contributed by atoms with van der Waals surface area (Å²) in [4.78, 5) is 13.4. The fraction of sp³-hybridized carbons (Fsp3) is 0.462. The first kappa shape index (κ1) is 12.9. The molecule has 2 rings (SSSR count). The number of carbonyl (C=O) groups excluding carboxylic acids is 1. The first-order chi connectivity index (χ1) is 8.74. The van der Waals surface area contributed by atoms with Gasteiger partial charge in [0.05, 0.1) is 26.4 Å². The monoisotopic (exact) mass is 251 g/mol. The Morgan fingerprint density at radius 2 is 2.17 bits per heavy atom. The van der Waals surface area contributed by atoms with Crippen molar-refractivity contribution in [2.45, 2.75) is 12.6 Å². The van der Waals surface area contributed by atoms with E-state index in [1.54, 1.807) is 12.0 Å². The molecule has 5 nitrogen and oxygen atoms in total. The molecule has 1 amide bonds. The summed E-state index contributed by atoms with van der Waals surface area (Å²) in [6.45, 7) is 0.879. The van der Waals surface area contributed by atoms with Crippen molar-refractivity contribution >= 4 is 5.91 Å². The van der Waals surface area contributed by atoms with Crippen molar-refractivity contribution in [3.8, 4) is 5.75 Å². The van der Waals surface area contributed by atoms with Crippen LogP contribution in [0.1, 0.15) is 5.56 Å².